The topological polar surface area (TPSA) is 65.5 Å². The van der Waals surface area contributed by atoms with Crippen LogP contribution in [-0.2, 0) is 4.79 Å². The predicted octanol–water partition coefficient (Wildman–Crippen LogP) is 7.06. The van der Waals surface area contributed by atoms with Gasteiger partial charge in [-0.15, -0.1) is 11.8 Å². The van der Waals surface area contributed by atoms with E-state index in [4.69, 9.17) is 11.6 Å². The molecule has 4 rings (SSSR count). The average Bonchev–Trinajstić information content (AvgIpc) is 3.10. The zero-order valence-electron chi connectivity index (χ0n) is 20.7. The van der Waals surface area contributed by atoms with Gasteiger partial charge in [0.2, 0.25) is 0 Å². The Kier molecular flexibility index (Phi) is 9.23. The van der Waals surface area contributed by atoms with Crippen molar-refractivity contribution < 1.29 is 23.1 Å². The van der Waals surface area contributed by atoms with Crippen LogP contribution in [0.25, 0.3) is 10.9 Å². The monoisotopic (exact) mass is 563 g/mol. The summed E-state index contributed by atoms with van der Waals surface area (Å²) < 4.78 is 39.1. The van der Waals surface area contributed by atoms with Gasteiger partial charge in [0.05, 0.1) is 17.7 Å². The molecule has 0 fully saturated rings. The predicted molar refractivity (Wildman–Crippen MR) is 146 cm³/mol. The summed E-state index contributed by atoms with van der Waals surface area (Å²) in [6.07, 6.45) is 0.0391. The van der Waals surface area contributed by atoms with Gasteiger partial charge in [0.25, 0.3) is 5.91 Å². The average molecular weight is 564 g/mol. The van der Waals surface area contributed by atoms with Gasteiger partial charge in [-0.3, -0.25) is 9.78 Å². The number of carbonyl (C=O) groups is 1. The molecule has 38 heavy (non-hydrogen) atoms. The molecule has 0 spiro atoms. The summed E-state index contributed by atoms with van der Waals surface area (Å²) in [5.74, 6) is -0.691. The van der Waals surface area contributed by atoms with Gasteiger partial charge in [-0.05, 0) is 55.3 Å². The van der Waals surface area contributed by atoms with Crippen molar-refractivity contribution in [2.45, 2.75) is 48.9 Å². The van der Waals surface area contributed by atoms with E-state index in [-0.39, 0.29) is 12.3 Å². The molecule has 2 heterocycles. The highest BCUT2D eigenvalue weighted by atomic mass is 35.5. The van der Waals surface area contributed by atoms with Crippen molar-refractivity contribution in [3.05, 3.63) is 77.5 Å². The van der Waals surface area contributed by atoms with E-state index in [0.717, 1.165) is 53.4 Å². The number of fused-ring (bicyclic) bond motifs is 1. The van der Waals surface area contributed by atoms with Crippen LogP contribution in [0.15, 0.2) is 77.3 Å². The molecule has 1 unspecified atom stereocenters. The first-order valence-electron chi connectivity index (χ1n) is 12.4. The van der Waals surface area contributed by atoms with Crippen LogP contribution in [0.3, 0.4) is 0 Å². The molecule has 1 aromatic heterocycles. The Labute approximate surface area is 229 Å². The largest absolute Gasteiger partial charge is 0.393 e. The van der Waals surface area contributed by atoms with Gasteiger partial charge in [0, 0.05) is 45.9 Å². The molecule has 0 aliphatic carbocycles. The van der Waals surface area contributed by atoms with Crippen LogP contribution in [0.2, 0.25) is 5.02 Å². The number of nitrogens with zero attached hydrogens (tertiary/aromatic N) is 2. The summed E-state index contributed by atoms with van der Waals surface area (Å²) in [6.45, 7) is 0.922. The van der Waals surface area contributed by atoms with E-state index in [1.165, 1.54) is 16.7 Å². The van der Waals surface area contributed by atoms with Crippen molar-refractivity contribution in [1.82, 2.24) is 9.88 Å². The maximum Gasteiger partial charge on any atom is 0.393 e. The molecule has 0 saturated carbocycles. The molecular weight excluding hydrogens is 535 g/mol. The lowest BCUT2D eigenvalue weighted by atomic mass is 10.1. The Balaban J connectivity index is 1.28. The normalized spacial score (nSPS) is 17.8. The number of anilines is 1. The lowest BCUT2D eigenvalue weighted by Crippen LogP contribution is -2.48. The summed E-state index contributed by atoms with van der Waals surface area (Å²) in [7, 11) is 0. The maximum atomic E-state index is 13.0. The standard InChI is InChI=1S/C28H29ClF3N3O2S/c29-21-10-11-23-24(12-14-34-25(23)16-21)33-13-6-1-2-7-15-35-26(36)20(18-28(30,31)32)17-27(35,37)19-38-22-8-4-3-5-9-22/h3-5,8-12,14,16-17,37H,1-2,6-7,13,15,18-19H2,(H,33,34). The zero-order chi connectivity index (χ0) is 27.2. The van der Waals surface area contributed by atoms with Crippen molar-refractivity contribution in [3.63, 3.8) is 0 Å². The number of nitrogens with one attached hydrogen (secondary N) is 1. The van der Waals surface area contributed by atoms with E-state index >= 15 is 0 Å². The van der Waals surface area contributed by atoms with Crippen LogP contribution in [0, 0.1) is 0 Å². The van der Waals surface area contributed by atoms with E-state index < -0.39 is 29.8 Å². The van der Waals surface area contributed by atoms with Gasteiger partial charge >= 0.3 is 6.18 Å². The fourth-order valence-electron chi connectivity index (χ4n) is 4.48. The number of hydrogen-bond donors (Lipinski definition) is 2. The minimum atomic E-state index is -4.52. The van der Waals surface area contributed by atoms with Gasteiger partial charge in [-0.1, -0.05) is 42.6 Å². The molecule has 0 saturated heterocycles. The molecule has 2 N–H and O–H groups in total. The first-order valence-corrected chi connectivity index (χ1v) is 13.8. The minimum absolute atomic E-state index is 0.0547. The number of alkyl halides is 3. The second-order valence-electron chi connectivity index (χ2n) is 9.26. The van der Waals surface area contributed by atoms with E-state index in [0.29, 0.717) is 11.4 Å². The third-order valence-corrected chi connectivity index (χ3v) is 7.72. The smallest absolute Gasteiger partial charge is 0.384 e. The number of aliphatic hydroxyl groups is 1. The van der Waals surface area contributed by atoms with Gasteiger partial charge in [0.1, 0.15) is 0 Å². The van der Waals surface area contributed by atoms with E-state index in [9.17, 15) is 23.1 Å². The highest BCUT2D eigenvalue weighted by Crippen LogP contribution is 2.37. The highest BCUT2D eigenvalue weighted by molar-refractivity contribution is 7.99. The number of thioether (sulfide) groups is 1. The molecular formula is C28H29ClF3N3O2S. The Hall–Kier alpha value is -2.75. The molecule has 5 nitrogen and oxygen atoms in total. The molecule has 1 aliphatic rings. The van der Waals surface area contributed by atoms with Crippen LogP contribution < -0.4 is 5.32 Å². The molecule has 10 heteroatoms. The Morgan fingerprint density at radius 2 is 1.82 bits per heavy atom. The van der Waals surface area contributed by atoms with Crippen LogP contribution in [0.5, 0.6) is 0 Å². The molecule has 202 valence electrons. The Bertz CT molecular complexity index is 1290. The summed E-state index contributed by atoms with van der Waals surface area (Å²) in [5.41, 5.74) is -0.373. The lowest BCUT2D eigenvalue weighted by Gasteiger charge is -2.33. The molecule has 3 aromatic rings. The van der Waals surface area contributed by atoms with Gasteiger partial charge in [0.15, 0.2) is 5.72 Å². The summed E-state index contributed by atoms with van der Waals surface area (Å²) in [4.78, 5) is 19.2. The fraction of sp³-hybridized carbons (Fsp3) is 0.357. The van der Waals surface area contributed by atoms with E-state index in [2.05, 4.69) is 10.3 Å². The van der Waals surface area contributed by atoms with Crippen LogP contribution in [0.1, 0.15) is 32.1 Å². The number of aromatic nitrogens is 1. The van der Waals surface area contributed by atoms with Crippen molar-refractivity contribution in [2.24, 2.45) is 0 Å². The molecule has 0 bridgehead atoms. The highest BCUT2D eigenvalue weighted by Gasteiger charge is 2.46. The SMILES string of the molecule is O=C1C(CC(F)(F)F)=CC(O)(CSc2ccccc2)N1CCCCCCNc1ccnc2cc(Cl)ccc12. The van der Waals surface area contributed by atoms with Crippen molar-refractivity contribution in [2.75, 3.05) is 24.2 Å². The number of halogens is 4. The molecule has 1 amide bonds. The van der Waals surface area contributed by atoms with Gasteiger partial charge in [-0.25, -0.2) is 0 Å². The zero-order valence-corrected chi connectivity index (χ0v) is 22.3. The number of unbranched alkanes of at least 4 members (excludes halogenated alkanes) is 3. The molecule has 1 aliphatic heterocycles. The third kappa shape index (κ3) is 7.42. The first kappa shape index (κ1) is 28.3. The summed E-state index contributed by atoms with van der Waals surface area (Å²) in [5, 5.41) is 16.3. The Morgan fingerprint density at radius 1 is 1.05 bits per heavy atom. The third-order valence-electron chi connectivity index (χ3n) is 6.31. The quantitative estimate of drug-likeness (QED) is 0.182. The second kappa shape index (κ2) is 12.4. The number of amides is 1. The fourth-order valence-corrected chi connectivity index (χ4v) is 5.61. The van der Waals surface area contributed by atoms with Crippen molar-refractivity contribution >= 4 is 45.9 Å². The van der Waals surface area contributed by atoms with E-state index in [1.807, 2.05) is 54.6 Å². The number of pyridine rings is 1. The maximum absolute atomic E-state index is 13.0. The van der Waals surface area contributed by atoms with Crippen molar-refractivity contribution in [3.8, 4) is 0 Å². The van der Waals surface area contributed by atoms with Gasteiger partial charge in [-0.2, -0.15) is 13.2 Å². The number of carbonyl (C=O) groups excluding carboxylic acids is 1. The molecule has 0 radical (unpaired) electrons. The number of hydrogen-bond acceptors (Lipinski definition) is 5. The Morgan fingerprint density at radius 3 is 2.58 bits per heavy atom. The number of benzene rings is 2. The number of rotatable bonds is 12. The van der Waals surface area contributed by atoms with Gasteiger partial charge < -0.3 is 15.3 Å². The van der Waals surface area contributed by atoms with E-state index in [1.54, 1.807) is 6.20 Å². The van der Waals surface area contributed by atoms with Crippen LogP contribution in [0.4, 0.5) is 18.9 Å². The van der Waals surface area contributed by atoms with Crippen LogP contribution in [-0.4, -0.2) is 51.6 Å². The lowest BCUT2D eigenvalue weighted by molar-refractivity contribution is -0.145. The molecule has 2 aromatic carbocycles. The molecule has 1 atom stereocenters. The summed E-state index contributed by atoms with van der Waals surface area (Å²) >= 11 is 7.35. The second-order valence-corrected chi connectivity index (χ2v) is 10.7. The van der Waals surface area contributed by atoms with Crippen LogP contribution >= 0.6 is 23.4 Å². The first-order chi connectivity index (χ1) is 18.1. The van der Waals surface area contributed by atoms with Crippen molar-refractivity contribution in [1.29, 1.82) is 0 Å². The summed E-state index contributed by atoms with van der Waals surface area (Å²) in [6, 6.07) is 16.7. The minimum Gasteiger partial charge on any atom is -0.384 e.